The minimum atomic E-state index is -0.0998. The van der Waals surface area contributed by atoms with Gasteiger partial charge in [0.1, 0.15) is 0 Å². The van der Waals surface area contributed by atoms with Crippen LogP contribution in [0.2, 0.25) is 0 Å². The molecule has 0 spiro atoms. The maximum atomic E-state index is 12.6. The number of carbonyl (C=O) groups is 2. The Labute approximate surface area is 141 Å². The van der Waals surface area contributed by atoms with Gasteiger partial charge in [-0.15, -0.1) is 0 Å². The van der Waals surface area contributed by atoms with Gasteiger partial charge < -0.3 is 0 Å². The lowest BCUT2D eigenvalue weighted by molar-refractivity contribution is -0.132. The predicted molar refractivity (Wildman–Crippen MR) is 89.8 cm³/mol. The van der Waals surface area contributed by atoms with Gasteiger partial charge in [-0.2, -0.15) is 0 Å². The van der Waals surface area contributed by atoms with E-state index >= 15 is 0 Å². The summed E-state index contributed by atoms with van der Waals surface area (Å²) >= 11 is 3.63. The number of rotatable bonds is 0. The second-order valence-electron chi connectivity index (χ2n) is 8.49. The first kappa shape index (κ1) is 15.1. The van der Waals surface area contributed by atoms with Crippen LogP contribution in [-0.4, -0.2) is 16.4 Å². The van der Waals surface area contributed by atoms with Crippen LogP contribution in [0, 0.1) is 28.6 Å². The van der Waals surface area contributed by atoms with Crippen molar-refractivity contribution in [3.05, 3.63) is 11.6 Å². The van der Waals surface area contributed by atoms with Gasteiger partial charge in [-0.05, 0) is 67.8 Å². The Morgan fingerprint density at radius 1 is 1.05 bits per heavy atom. The third kappa shape index (κ3) is 1.84. The highest BCUT2D eigenvalue weighted by molar-refractivity contribution is 9.10. The molecule has 0 aliphatic heterocycles. The smallest absolute Gasteiger partial charge is 0.155 e. The van der Waals surface area contributed by atoms with Gasteiger partial charge in [0, 0.05) is 11.8 Å². The maximum absolute atomic E-state index is 12.6. The van der Waals surface area contributed by atoms with Crippen molar-refractivity contribution in [3.63, 3.8) is 0 Å². The molecule has 3 heteroatoms. The van der Waals surface area contributed by atoms with Crippen LogP contribution in [0.1, 0.15) is 58.8 Å². The molecule has 0 aromatic rings. The first-order valence-electron chi connectivity index (χ1n) is 8.78. The van der Waals surface area contributed by atoms with Gasteiger partial charge in [-0.3, -0.25) is 9.59 Å². The van der Waals surface area contributed by atoms with Crippen LogP contribution in [0.3, 0.4) is 0 Å². The molecule has 0 amide bonds. The third-order valence-corrected chi connectivity index (χ3v) is 8.45. The van der Waals surface area contributed by atoms with Gasteiger partial charge in [0.25, 0.3) is 0 Å². The molecule has 0 saturated heterocycles. The number of alkyl halides is 1. The van der Waals surface area contributed by atoms with Gasteiger partial charge in [-0.1, -0.05) is 35.4 Å². The fraction of sp³-hybridized carbons (Fsp3) is 0.789. The second kappa shape index (κ2) is 4.78. The zero-order valence-electron chi connectivity index (χ0n) is 13.5. The zero-order chi connectivity index (χ0) is 15.7. The summed E-state index contributed by atoms with van der Waals surface area (Å²) in [6.07, 6.45) is 9.15. The fourth-order valence-electron chi connectivity index (χ4n) is 6.31. The van der Waals surface area contributed by atoms with Gasteiger partial charge in [0.15, 0.2) is 11.6 Å². The van der Waals surface area contributed by atoms with E-state index in [1.807, 2.05) is 6.08 Å². The summed E-state index contributed by atoms with van der Waals surface area (Å²) in [5, 5.41) is 0. The third-order valence-electron chi connectivity index (χ3n) is 7.66. The molecule has 3 fully saturated rings. The molecule has 0 aromatic carbocycles. The summed E-state index contributed by atoms with van der Waals surface area (Å²) < 4.78 is 0. The molecule has 6 atom stereocenters. The molecule has 0 N–H and O–H groups in total. The van der Waals surface area contributed by atoms with E-state index in [2.05, 4.69) is 29.8 Å². The lowest BCUT2D eigenvalue weighted by Crippen LogP contribution is -2.50. The number of fused-ring (bicyclic) bond motifs is 5. The first-order chi connectivity index (χ1) is 10.4. The number of halogens is 1. The van der Waals surface area contributed by atoms with E-state index in [1.165, 1.54) is 12.0 Å². The average molecular weight is 365 g/mol. The van der Waals surface area contributed by atoms with Crippen LogP contribution in [-0.2, 0) is 9.59 Å². The molecular weight excluding hydrogens is 340 g/mol. The minimum absolute atomic E-state index is 0.0685. The topological polar surface area (TPSA) is 34.1 Å². The first-order valence-corrected chi connectivity index (χ1v) is 9.70. The fourth-order valence-corrected chi connectivity index (χ4v) is 7.23. The zero-order valence-corrected chi connectivity index (χ0v) is 15.1. The van der Waals surface area contributed by atoms with Crippen LogP contribution in [0.5, 0.6) is 0 Å². The van der Waals surface area contributed by atoms with Gasteiger partial charge in [-0.25, -0.2) is 0 Å². The molecule has 0 radical (unpaired) electrons. The Kier molecular flexibility index (Phi) is 3.28. The van der Waals surface area contributed by atoms with Gasteiger partial charge in [0.2, 0.25) is 0 Å². The molecule has 0 heterocycles. The standard InChI is InChI=1S/C19H25BrO2/c1-18-7-5-12(21)9-11(18)3-4-13-14(18)6-8-19(2)15(13)10-16(20)17(19)22/h9,13-16H,3-8,10H2,1-2H3. The van der Waals surface area contributed by atoms with Crippen LogP contribution in [0.15, 0.2) is 11.6 Å². The van der Waals surface area contributed by atoms with Crippen molar-refractivity contribution in [1.82, 2.24) is 0 Å². The Bertz CT molecular complexity index is 580. The van der Waals surface area contributed by atoms with Crippen LogP contribution < -0.4 is 0 Å². The summed E-state index contributed by atoms with van der Waals surface area (Å²) in [4.78, 5) is 24.5. The van der Waals surface area contributed by atoms with E-state index in [-0.39, 0.29) is 15.7 Å². The quantitative estimate of drug-likeness (QED) is 0.594. The van der Waals surface area contributed by atoms with E-state index in [1.54, 1.807) is 0 Å². The molecule has 4 aliphatic carbocycles. The molecule has 22 heavy (non-hydrogen) atoms. The minimum Gasteiger partial charge on any atom is -0.298 e. The lowest BCUT2D eigenvalue weighted by atomic mass is 9.47. The molecule has 4 aliphatic rings. The van der Waals surface area contributed by atoms with Crippen molar-refractivity contribution in [2.45, 2.75) is 63.6 Å². The second-order valence-corrected chi connectivity index (χ2v) is 9.60. The number of ketones is 2. The number of hydrogen-bond donors (Lipinski definition) is 0. The van der Waals surface area contributed by atoms with E-state index in [0.29, 0.717) is 35.7 Å². The highest BCUT2D eigenvalue weighted by atomic mass is 79.9. The van der Waals surface area contributed by atoms with Crippen molar-refractivity contribution in [3.8, 4) is 0 Å². The summed E-state index contributed by atoms with van der Waals surface area (Å²) in [6, 6.07) is 0. The molecule has 2 nitrogen and oxygen atoms in total. The molecule has 4 rings (SSSR count). The SMILES string of the molecule is CC12CCC3C(CCC4=CC(=O)CCC43C)C1CC(Br)C2=O. The van der Waals surface area contributed by atoms with Crippen molar-refractivity contribution < 1.29 is 9.59 Å². The van der Waals surface area contributed by atoms with Gasteiger partial charge >= 0.3 is 0 Å². The monoisotopic (exact) mass is 364 g/mol. The normalized spacial score (nSPS) is 51.0. The Morgan fingerprint density at radius 2 is 1.82 bits per heavy atom. The lowest BCUT2D eigenvalue weighted by Gasteiger charge is -2.56. The van der Waals surface area contributed by atoms with E-state index in [9.17, 15) is 9.59 Å². The summed E-state index contributed by atoms with van der Waals surface area (Å²) in [5.74, 6) is 2.65. The number of allylic oxidation sites excluding steroid dienone is 1. The Morgan fingerprint density at radius 3 is 2.59 bits per heavy atom. The van der Waals surface area contributed by atoms with Crippen molar-refractivity contribution in [1.29, 1.82) is 0 Å². The largest absolute Gasteiger partial charge is 0.298 e. The number of carbonyl (C=O) groups excluding carboxylic acids is 2. The summed E-state index contributed by atoms with van der Waals surface area (Å²) in [6.45, 7) is 4.61. The molecule has 120 valence electrons. The van der Waals surface area contributed by atoms with Crippen molar-refractivity contribution >= 4 is 27.5 Å². The number of hydrogen-bond acceptors (Lipinski definition) is 2. The average Bonchev–Trinajstić information content (AvgIpc) is 2.72. The van der Waals surface area contributed by atoms with E-state index < -0.39 is 0 Å². The molecule has 0 bridgehead atoms. The van der Waals surface area contributed by atoms with Crippen molar-refractivity contribution in [2.75, 3.05) is 0 Å². The maximum Gasteiger partial charge on any atom is 0.155 e. The molecule has 6 unspecified atom stereocenters. The van der Waals surface area contributed by atoms with Crippen LogP contribution >= 0.6 is 15.9 Å². The Hall–Kier alpha value is -0.440. The molecular formula is C19H25BrO2. The molecule has 0 aromatic heterocycles. The number of Topliss-reactive ketones (excluding diaryl/α,β-unsaturated/α-hetero) is 1. The van der Waals surface area contributed by atoms with Gasteiger partial charge in [0.05, 0.1) is 4.83 Å². The van der Waals surface area contributed by atoms with Crippen LogP contribution in [0.4, 0.5) is 0 Å². The molecule has 3 saturated carbocycles. The van der Waals surface area contributed by atoms with E-state index in [4.69, 9.17) is 0 Å². The predicted octanol–water partition coefficient (Wildman–Crippen LogP) is 4.46. The van der Waals surface area contributed by atoms with Crippen molar-refractivity contribution in [2.24, 2.45) is 28.6 Å². The highest BCUT2D eigenvalue weighted by Gasteiger charge is 2.60. The van der Waals surface area contributed by atoms with E-state index in [0.717, 1.165) is 32.1 Å². The highest BCUT2D eigenvalue weighted by Crippen LogP contribution is 2.64. The summed E-state index contributed by atoms with van der Waals surface area (Å²) in [7, 11) is 0. The Balaban J connectivity index is 1.70. The summed E-state index contributed by atoms with van der Waals surface area (Å²) in [5.41, 5.74) is 1.52. The van der Waals surface area contributed by atoms with Crippen LogP contribution in [0.25, 0.3) is 0 Å².